The number of piperazine rings is 1. The van der Waals surface area contributed by atoms with Crippen molar-refractivity contribution in [1.29, 1.82) is 0 Å². The third-order valence-corrected chi connectivity index (χ3v) is 4.63. The Bertz CT molecular complexity index is 643. The molecule has 1 aliphatic heterocycles. The molecule has 3 rings (SSSR count). The minimum Gasteiger partial charge on any atom is -0.363 e. The number of pyridine rings is 1. The van der Waals surface area contributed by atoms with Crippen LogP contribution in [0.15, 0.2) is 42.6 Å². The lowest BCUT2D eigenvalue weighted by Gasteiger charge is -2.34. The summed E-state index contributed by atoms with van der Waals surface area (Å²) in [6.07, 6.45) is 2.01. The lowest BCUT2D eigenvalue weighted by Crippen LogP contribution is -2.45. The van der Waals surface area contributed by atoms with Crippen LogP contribution in [0.4, 0.5) is 5.82 Å². The van der Waals surface area contributed by atoms with Gasteiger partial charge in [0.15, 0.2) is 0 Å². The van der Waals surface area contributed by atoms with Crippen molar-refractivity contribution in [2.75, 3.05) is 45.2 Å². The van der Waals surface area contributed by atoms with Crippen LogP contribution in [0.5, 0.6) is 0 Å². The van der Waals surface area contributed by atoms with Crippen molar-refractivity contribution in [2.45, 2.75) is 20.0 Å². The number of nitrogens with zero attached hydrogens (tertiary/aromatic N) is 4. The molecule has 0 amide bonds. The van der Waals surface area contributed by atoms with Gasteiger partial charge in [-0.05, 0) is 24.1 Å². The third kappa shape index (κ3) is 4.56. The monoisotopic (exact) mass is 324 g/mol. The van der Waals surface area contributed by atoms with Crippen molar-refractivity contribution in [2.24, 2.45) is 0 Å². The minimum absolute atomic E-state index is 0.999. The topological polar surface area (TPSA) is 22.6 Å². The summed E-state index contributed by atoms with van der Waals surface area (Å²) in [6.45, 7) is 8.75. The molecule has 1 aliphatic rings. The molecule has 0 radical (unpaired) electrons. The van der Waals surface area contributed by atoms with Crippen molar-refractivity contribution >= 4 is 5.82 Å². The predicted molar refractivity (Wildman–Crippen MR) is 100 cm³/mol. The van der Waals surface area contributed by atoms with E-state index in [1.807, 2.05) is 25.2 Å². The highest BCUT2D eigenvalue weighted by Gasteiger charge is 2.17. The largest absolute Gasteiger partial charge is 0.363 e. The quantitative estimate of drug-likeness (QED) is 0.843. The molecule has 24 heavy (non-hydrogen) atoms. The number of rotatable bonds is 5. The molecular formula is C20H28N4. The van der Waals surface area contributed by atoms with E-state index in [-0.39, 0.29) is 0 Å². The van der Waals surface area contributed by atoms with Crippen molar-refractivity contribution in [3.63, 3.8) is 0 Å². The fraction of sp³-hybridized carbons (Fsp3) is 0.450. The smallest absolute Gasteiger partial charge is 0.127 e. The molecule has 1 aromatic heterocycles. The van der Waals surface area contributed by atoms with Crippen LogP contribution in [0.1, 0.15) is 16.7 Å². The van der Waals surface area contributed by atoms with E-state index in [4.69, 9.17) is 0 Å². The van der Waals surface area contributed by atoms with E-state index in [0.29, 0.717) is 0 Å². The molecule has 128 valence electrons. The second kappa shape index (κ2) is 7.77. The first-order valence-electron chi connectivity index (χ1n) is 8.73. The van der Waals surface area contributed by atoms with Gasteiger partial charge in [-0.2, -0.15) is 0 Å². The van der Waals surface area contributed by atoms with Crippen LogP contribution in [-0.2, 0) is 13.1 Å². The summed E-state index contributed by atoms with van der Waals surface area (Å²) >= 11 is 0. The van der Waals surface area contributed by atoms with Crippen LogP contribution in [0, 0.1) is 6.92 Å². The standard InChI is InChI=1S/C20H28N4/c1-17-5-4-6-18(13-17)15-23-9-11-24(12-10-23)16-19-7-8-20(21-14-19)22(2)3/h4-8,13-14H,9-12,15-16H2,1-3H3. The summed E-state index contributed by atoms with van der Waals surface area (Å²) in [5.41, 5.74) is 4.07. The average molecular weight is 324 g/mol. The summed E-state index contributed by atoms with van der Waals surface area (Å²) in [5, 5.41) is 0. The summed E-state index contributed by atoms with van der Waals surface area (Å²) in [6, 6.07) is 13.1. The maximum absolute atomic E-state index is 4.51. The second-order valence-electron chi connectivity index (χ2n) is 6.96. The average Bonchev–Trinajstić information content (AvgIpc) is 2.57. The SMILES string of the molecule is Cc1cccc(CN2CCN(Cc3ccc(N(C)C)nc3)CC2)c1. The lowest BCUT2D eigenvalue weighted by atomic mass is 10.1. The third-order valence-electron chi connectivity index (χ3n) is 4.63. The molecular weight excluding hydrogens is 296 g/mol. The summed E-state index contributed by atoms with van der Waals surface area (Å²) in [4.78, 5) is 11.6. The van der Waals surface area contributed by atoms with Crippen molar-refractivity contribution < 1.29 is 0 Å². The Labute approximate surface area is 145 Å². The maximum atomic E-state index is 4.51. The van der Waals surface area contributed by atoms with E-state index in [9.17, 15) is 0 Å². The fourth-order valence-electron chi connectivity index (χ4n) is 3.21. The highest BCUT2D eigenvalue weighted by Crippen LogP contribution is 2.14. The van der Waals surface area contributed by atoms with Crippen molar-refractivity contribution in [1.82, 2.24) is 14.8 Å². The molecule has 0 N–H and O–H groups in total. The zero-order chi connectivity index (χ0) is 16.9. The molecule has 2 heterocycles. The second-order valence-corrected chi connectivity index (χ2v) is 6.96. The van der Waals surface area contributed by atoms with Gasteiger partial charge in [-0.25, -0.2) is 4.98 Å². The number of aromatic nitrogens is 1. The summed E-state index contributed by atoms with van der Waals surface area (Å²) in [5.74, 6) is 1.02. The fourth-order valence-corrected chi connectivity index (χ4v) is 3.21. The van der Waals surface area contributed by atoms with Crippen LogP contribution in [0.3, 0.4) is 0 Å². The van der Waals surface area contributed by atoms with E-state index in [0.717, 1.165) is 45.1 Å². The normalized spacial score (nSPS) is 16.3. The van der Waals surface area contributed by atoms with E-state index >= 15 is 0 Å². The highest BCUT2D eigenvalue weighted by atomic mass is 15.3. The van der Waals surface area contributed by atoms with Gasteiger partial charge in [-0.15, -0.1) is 0 Å². The molecule has 2 aromatic rings. The van der Waals surface area contributed by atoms with Crippen LogP contribution in [0.2, 0.25) is 0 Å². The summed E-state index contributed by atoms with van der Waals surface area (Å²) < 4.78 is 0. The van der Waals surface area contributed by atoms with Gasteiger partial charge < -0.3 is 4.90 Å². The Morgan fingerprint density at radius 1 is 0.917 bits per heavy atom. The molecule has 1 fully saturated rings. The Hall–Kier alpha value is -1.91. The van der Waals surface area contributed by atoms with Gasteiger partial charge in [0.05, 0.1) is 0 Å². The van der Waals surface area contributed by atoms with Gasteiger partial charge in [0.25, 0.3) is 0 Å². The molecule has 1 aromatic carbocycles. The molecule has 4 heteroatoms. The molecule has 0 aliphatic carbocycles. The molecule has 1 saturated heterocycles. The zero-order valence-electron chi connectivity index (χ0n) is 15.1. The van der Waals surface area contributed by atoms with Gasteiger partial charge >= 0.3 is 0 Å². The first-order valence-corrected chi connectivity index (χ1v) is 8.73. The van der Waals surface area contributed by atoms with Crippen LogP contribution < -0.4 is 4.90 Å². The van der Waals surface area contributed by atoms with Gasteiger partial charge in [0.2, 0.25) is 0 Å². The van der Waals surface area contributed by atoms with E-state index < -0.39 is 0 Å². The minimum atomic E-state index is 0.999. The Morgan fingerprint density at radius 2 is 1.58 bits per heavy atom. The van der Waals surface area contributed by atoms with Crippen LogP contribution in [0.25, 0.3) is 0 Å². The van der Waals surface area contributed by atoms with E-state index in [2.05, 4.69) is 58.1 Å². The maximum Gasteiger partial charge on any atom is 0.127 e. The van der Waals surface area contributed by atoms with E-state index in [1.165, 1.54) is 16.7 Å². The first kappa shape index (κ1) is 16.9. The number of aryl methyl sites for hydroxylation is 1. The molecule has 0 unspecified atom stereocenters. The number of benzene rings is 1. The molecule has 0 saturated carbocycles. The first-order chi connectivity index (χ1) is 11.6. The number of anilines is 1. The molecule has 4 nitrogen and oxygen atoms in total. The van der Waals surface area contributed by atoms with Crippen LogP contribution >= 0.6 is 0 Å². The lowest BCUT2D eigenvalue weighted by molar-refractivity contribution is 0.122. The van der Waals surface area contributed by atoms with Crippen molar-refractivity contribution in [3.8, 4) is 0 Å². The molecule has 0 atom stereocenters. The molecule has 0 bridgehead atoms. The highest BCUT2D eigenvalue weighted by molar-refractivity contribution is 5.37. The number of hydrogen-bond donors (Lipinski definition) is 0. The van der Waals surface area contributed by atoms with Crippen LogP contribution in [-0.4, -0.2) is 55.1 Å². The van der Waals surface area contributed by atoms with Gasteiger partial charge in [0.1, 0.15) is 5.82 Å². The zero-order valence-corrected chi connectivity index (χ0v) is 15.1. The Balaban J connectivity index is 1.48. The summed E-state index contributed by atoms with van der Waals surface area (Å²) in [7, 11) is 4.05. The van der Waals surface area contributed by atoms with Gasteiger partial charge in [0, 0.05) is 59.6 Å². The van der Waals surface area contributed by atoms with Crippen molar-refractivity contribution in [3.05, 3.63) is 59.3 Å². The Kier molecular flexibility index (Phi) is 5.48. The molecule has 0 spiro atoms. The number of hydrogen-bond acceptors (Lipinski definition) is 4. The Morgan fingerprint density at radius 3 is 2.12 bits per heavy atom. The van der Waals surface area contributed by atoms with Gasteiger partial charge in [-0.3, -0.25) is 9.80 Å². The predicted octanol–water partition coefficient (Wildman–Crippen LogP) is 2.77. The van der Waals surface area contributed by atoms with E-state index in [1.54, 1.807) is 0 Å². The van der Waals surface area contributed by atoms with Gasteiger partial charge in [-0.1, -0.05) is 35.9 Å².